The van der Waals surface area contributed by atoms with Gasteiger partial charge in [0.1, 0.15) is 17.2 Å². The lowest BCUT2D eigenvalue weighted by molar-refractivity contribution is -0.159. The number of amides is 1. The molecule has 1 atom stereocenters. The molecule has 2 N–H and O–H groups in total. The average Bonchev–Trinajstić information content (AvgIpc) is 2.92. The SMILES string of the molecule is COc1ccc(Oc2ccc(/C=C/C(=O)N3CC(CN(C)C)Cc4ccccc43)cc2)cc1.O=C(O)C(=O)O. The number of fused-ring (bicyclic) bond motifs is 1. The van der Waals surface area contributed by atoms with Crippen LogP contribution in [0, 0.1) is 5.92 Å². The molecule has 1 unspecified atom stereocenters. The fourth-order valence-corrected chi connectivity index (χ4v) is 4.21. The number of rotatable bonds is 7. The number of carbonyl (C=O) groups excluding carboxylic acids is 1. The molecule has 9 nitrogen and oxygen atoms in total. The minimum atomic E-state index is -1.82. The smallest absolute Gasteiger partial charge is 0.414 e. The Bertz CT molecular complexity index is 1290. The Labute approximate surface area is 227 Å². The van der Waals surface area contributed by atoms with Gasteiger partial charge >= 0.3 is 11.9 Å². The molecular weight excluding hydrogens is 500 g/mol. The number of methoxy groups -OCH3 is 1. The van der Waals surface area contributed by atoms with Gasteiger partial charge in [0, 0.05) is 24.9 Å². The number of nitrogens with zero attached hydrogens (tertiary/aromatic N) is 2. The van der Waals surface area contributed by atoms with Crippen LogP contribution in [0.25, 0.3) is 6.08 Å². The third-order valence-electron chi connectivity index (χ3n) is 5.90. The third kappa shape index (κ3) is 8.72. The number of carbonyl (C=O) groups is 3. The molecule has 1 aliphatic rings. The molecule has 3 aromatic carbocycles. The van der Waals surface area contributed by atoms with Gasteiger partial charge in [0.15, 0.2) is 0 Å². The summed E-state index contributed by atoms with van der Waals surface area (Å²) in [5.41, 5.74) is 3.20. The highest BCUT2D eigenvalue weighted by molar-refractivity contribution is 6.27. The van der Waals surface area contributed by atoms with Crippen molar-refractivity contribution in [2.75, 3.05) is 39.2 Å². The van der Waals surface area contributed by atoms with Gasteiger partial charge in [-0.2, -0.15) is 0 Å². The molecule has 0 spiro atoms. The van der Waals surface area contributed by atoms with E-state index in [0.717, 1.165) is 48.0 Å². The number of carboxylic acid groups (broad SMARTS) is 2. The molecule has 0 saturated heterocycles. The number of aliphatic carboxylic acids is 2. The zero-order valence-electron chi connectivity index (χ0n) is 22.1. The monoisotopic (exact) mass is 532 g/mol. The number of anilines is 1. The first-order valence-electron chi connectivity index (χ1n) is 12.3. The first-order valence-corrected chi connectivity index (χ1v) is 12.3. The van der Waals surface area contributed by atoms with Crippen LogP contribution in [-0.4, -0.2) is 67.3 Å². The van der Waals surface area contributed by atoms with E-state index in [1.807, 2.05) is 77.7 Å². The van der Waals surface area contributed by atoms with Crippen LogP contribution in [-0.2, 0) is 20.8 Å². The lowest BCUT2D eigenvalue weighted by Gasteiger charge is -2.35. The quantitative estimate of drug-likeness (QED) is 0.339. The summed E-state index contributed by atoms with van der Waals surface area (Å²) in [6, 6.07) is 23.4. The largest absolute Gasteiger partial charge is 0.497 e. The van der Waals surface area contributed by atoms with Gasteiger partial charge in [-0.05, 0) is 86.1 Å². The number of para-hydroxylation sites is 1. The molecule has 1 aliphatic heterocycles. The van der Waals surface area contributed by atoms with Crippen LogP contribution in [0.4, 0.5) is 5.69 Å². The van der Waals surface area contributed by atoms with Gasteiger partial charge in [0.2, 0.25) is 0 Å². The zero-order valence-corrected chi connectivity index (χ0v) is 22.1. The summed E-state index contributed by atoms with van der Waals surface area (Å²) < 4.78 is 11.0. The van der Waals surface area contributed by atoms with Crippen molar-refractivity contribution < 1.29 is 34.1 Å². The predicted octanol–water partition coefficient (Wildman–Crippen LogP) is 4.42. The number of ether oxygens (including phenoxy) is 2. The van der Waals surface area contributed by atoms with Crippen LogP contribution in [0.2, 0.25) is 0 Å². The molecular formula is C30H32N2O7. The number of carboxylic acids is 2. The highest BCUT2D eigenvalue weighted by Gasteiger charge is 2.27. The summed E-state index contributed by atoms with van der Waals surface area (Å²) in [6.45, 7) is 1.69. The summed E-state index contributed by atoms with van der Waals surface area (Å²) >= 11 is 0. The van der Waals surface area contributed by atoms with Crippen LogP contribution >= 0.6 is 0 Å². The Morgan fingerprint density at radius 3 is 2.03 bits per heavy atom. The van der Waals surface area contributed by atoms with Crippen LogP contribution in [0.3, 0.4) is 0 Å². The van der Waals surface area contributed by atoms with Gasteiger partial charge in [-0.3, -0.25) is 4.79 Å². The summed E-state index contributed by atoms with van der Waals surface area (Å²) in [7, 11) is 5.79. The molecule has 0 bridgehead atoms. The molecule has 0 radical (unpaired) electrons. The summed E-state index contributed by atoms with van der Waals surface area (Å²) in [6.07, 6.45) is 4.52. The second-order valence-electron chi connectivity index (χ2n) is 9.20. The number of benzene rings is 3. The van der Waals surface area contributed by atoms with Crippen molar-refractivity contribution in [3.8, 4) is 17.2 Å². The maximum absolute atomic E-state index is 13.1. The van der Waals surface area contributed by atoms with Gasteiger partial charge in [-0.1, -0.05) is 30.3 Å². The van der Waals surface area contributed by atoms with Gasteiger partial charge < -0.3 is 29.5 Å². The molecule has 0 fully saturated rings. The van der Waals surface area contributed by atoms with Crippen LogP contribution < -0.4 is 14.4 Å². The average molecular weight is 533 g/mol. The molecule has 1 amide bonds. The van der Waals surface area contributed by atoms with Crippen molar-refractivity contribution >= 4 is 29.6 Å². The predicted molar refractivity (Wildman–Crippen MR) is 148 cm³/mol. The van der Waals surface area contributed by atoms with Gasteiger partial charge in [0.05, 0.1) is 7.11 Å². The van der Waals surface area contributed by atoms with Crippen molar-refractivity contribution in [1.29, 1.82) is 0 Å². The summed E-state index contributed by atoms with van der Waals surface area (Å²) in [4.78, 5) is 35.4. The van der Waals surface area contributed by atoms with Crippen molar-refractivity contribution in [3.63, 3.8) is 0 Å². The van der Waals surface area contributed by atoms with Crippen molar-refractivity contribution in [2.24, 2.45) is 5.92 Å². The van der Waals surface area contributed by atoms with E-state index in [4.69, 9.17) is 29.3 Å². The Balaban J connectivity index is 0.000000631. The van der Waals surface area contributed by atoms with E-state index in [1.165, 1.54) is 5.56 Å². The van der Waals surface area contributed by atoms with Gasteiger partial charge in [-0.15, -0.1) is 0 Å². The van der Waals surface area contributed by atoms with Crippen molar-refractivity contribution in [1.82, 2.24) is 4.90 Å². The van der Waals surface area contributed by atoms with Gasteiger partial charge in [0.25, 0.3) is 5.91 Å². The number of hydrogen-bond donors (Lipinski definition) is 2. The van der Waals surface area contributed by atoms with Crippen LogP contribution in [0.15, 0.2) is 78.9 Å². The molecule has 3 aromatic rings. The van der Waals surface area contributed by atoms with E-state index < -0.39 is 11.9 Å². The van der Waals surface area contributed by atoms with E-state index in [0.29, 0.717) is 5.92 Å². The minimum absolute atomic E-state index is 0.00413. The normalized spacial score (nSPS) is 14.3. The fraction of sp³-hybridized carbons (Fsp3) is 0.233. The molecule has 1 heterocycles. The lowest BCUT2D eigenvalue weighted by atomic mass is 9.92. The van der Waals surface area contributed by atoms with Crippen LogP contribution in [0.5, 0.6) is 17.2 Å². The van der Waals surface area contributed by atoms with E-state index in [9.17, 15) is 4.79 Å². The first-order chi connectivity index (χ1) is 18.7. The molecule has 39 heavy (non-hydrogen) atoms. The van der Waals surface area contributed by atoms with Crippen molar-refractivity contribution in [3.05, 3.63) is 90.0 Å². The second kappa shape index (κ2) is 13.8. The Hall–Kier alpha value is -4.63. The highest BCUT2D eigenvalue weighted by Crippen LogP contribution is 2.30. The molecule has 9 heteroatoms. The minimum Gasteiger partial charge on any atom is -0.497 e. The van der Waals surface area contributed by atoms with E-state index in [2.05, 4.69) is 25.1 Å². The molecule has 0 saturated carbocycles. The van der Waals surface area contributed by atoms with Crippen molar-refractivity contribution in [2.45, 2.75) is 6.42 Å². The lowest BCUT2D eigenvalue weighted by Crippen LogP contribution is -2.42. The molecule has 204 valence electrons. The fourth-order valence-electron chi connectivity index (χ4n) is 4.21. The second-order valence-corrected chi connectivity index (χ2v) is 9.20. The van der Waals surface area contributed by atoms with Gasteiger partial charge in [-0.25, -0.2) is 9.59 Å². The Morgan fingerprint density at radius 1 is 0.897 bits per heavy atom. The Morgan fingerprint density at radius 2 is 1.46 bits per heavy atom. The maximum Gasteiger partial charge on any atom is 0.414 e. The van der Waals surface area contributed by atoms with Crippen LogP contribution in [0.1, 0.15) is 11.1 Å². The van der Waals surface area contributed by atoms with E-state index >= 15 is 0 Å². The molecule has 0 aliphatic carbocycles. The summed E-state index contributed by atoms with van der Waals surface area (Å²) in [5.74, 6) is -0.960. The molecule has 4 rings (SSSR count). The summed E-state index contributed by atoms with van der Waals surface area (Å²) in [5, 5.41) is 14.8. The topological polar surface area (TPSA) is 117 Å². The van der Waals surface area contributed by atoms with E-state index in [1.54, 1.807) is 13.2 Å². The standard InChI is InChI=1S/C28H30N2O3.C2H2O4/c1-29(2)19-22-18-23-6-4-5-7-27(23)30(20-22)28(31)17-10-21-8-11-25(12-9-21)33-26-15-13-24(32-3)14-16-26;3-1(4)2(5)6/h4-17,22H,18-20H2,1-3H3;(H,3,4)(H,5,6)/b17-10+;. The first kappa shape index (κ1) is 28.9. The van der Waals surface area contributed by atoms with E-state index in [-0.39, 0.29) is 5.91 Å². The molecule has 0 aromatic heterocycles. The zero-order chi connectivity index (χ0) is 28.4. The number of hydrogen-bond acceptors (Lipinski definition) is 6. The highest BCUT2D eigenvalue weighted by atomic mass is 16.5. The third-order valence-corrected chi connectivity index (χ3v) is 5.90. The maximum atomic E-state index is 13.1. The Kier molecular flexibility index (Phi) is 10.2.